The molecule has 0 N–H and O–H groups in total. The number of fused-ring (bicyclic) bond motifs is 1. The second kappa shape index (κ2) is 10.2. The normalized spacial score (nSPS) is 15.6. The first-order chi connectivity index (χ1) is 18.1. The third-order valence-electron chi connectivity index (χ3n) is 6.74. The molecule has 4 aromatic heterocycles. The number of aryl methyl sites for hydroxylation is 1. The van der Waals surface area contributed by atoms with Crippen molar-refractivity contribution in [3.8, 4) is 22.0 Å². The van der Waals surface area contributed by atoms with Crippen LogP contribution in [0.15, 0.2) is 63.6 Å². The predicted octanol–water partition coefficient (Wildman–Crippen LogP) is 6.59. The quantitative estimate of drug-likeness (QED) is 0.165. The monoisotopic (exact) mass is 530 g/mol. The Bertz CT molecular complexity index is 1570. The average molecular weight is 531 g/mol. The van der Waals surface area contributed by atoms with Crippen LogP contribution in [0.2, 0.25) is 0 Å². The number of ketones is 1. The number of hydrogen-bond acceptors (Lipinski definition) is 8. The van der Waals surface area contributed by atoms with E-state index in [0.717, 1.165) is 70.0 Å². The van der Waals surface area contributed by atoms with E-state index < -0.39 is 0 Å². The standard InChI is InChI=1S/C28H26N4O3S2/c1-17-13-21(18(2)32(17)15-19-7-5-11-34-19)25(33)16-37-28-31-30-27(35-28)22-14-24(26-10-6-12-36-26)29-23-9-4-3-8-20(22)23/h3-4,6,8-10,12-14,19H,5,7,11,15-16H2,1-2H3/t19-/m1/s1. The maximum absolute atomic E-state index is 13.1. The number of benzene rings is 1. The van der Waals surface area contributed by atoms with Gasteiger partial charge >= 0.3 is 0 Å². The van der Waals surface area contributed by atoms with Gasteiger partial charge in [-0.3, -0.25) is 4.79 Å². The molecule has 1 aliphatic heterocycles. The highest BCUT2D eigenvalue weighted by molar-refractivity contribution is 7.99. The fraction of sp³-hybridized carbons (Fsp3) is 0.286. The van der Waals surface area contributed by atoms with Crippen molar-refractivity contribution in [1.82, 2.24) is 19.7 Å². The fourth-order valence-corrected chi connectivity index (χ4v) is 6.17. The summed E-state index contributed by atoms with van der Waals surface area (Å²) < 4.78 is 14.0. The van der Waals surface area contributed by atoms with Crippen molar-refractivity contribution in [2.75, 3.05) is 12.4 Å². The van der Waals surface area contributed by atoms with E-state index in [4.69, 9.17) is 14.1 Å². The molecule has 0 amide bonds. The zero-order valence-electron chi connectivity index (χ0n) is 20.6. The average Bonchev–Trinajstić information content (AvgIpc) is 3.73. The molecule has 0 spiro atoms. The zero-order chi connectivity index (χ0) is 25.4. The molecular formula is C28H26N4O3S2. The molecule has 1 aromatic carbocycles. The molecule has 7 nitrogen and oxygen atoms in total. The second-order valence-electron chi connectivity index (χ2n) is 9.16. The van der Waals surface area contributed by atoms with E-state index in [2.05, 4.69) is 14.8 Å². The van der Waals surface area contributed by atoms with Crippen molar-refractivity contribution in [3.63, 3.8) is 0 Å². The van der Waals surface area contributed by atoms with Crippen molar-refractivity contribution >= 4 is 39.8 Å². The Kier molecular flexibility index (Phi) is 6.67. The lowest BCUT2D eigenvalue weighted by molar-refractivity contribution is 0.0957. The van der Waals surface area contributed by atoms with Gasteiger partial charge in [0.1, 0.15) is 0 Å². The summed E-state index contributed by atoms with van der Waals surface area (Å²) in [5.74, 6) is 0.690. The van der Waals surface area contributed by atoms with Crippen LogP contribution in [0.3, 0.4) is 0 Å². The number of aromatic nitrogens is 4. The molecule has 6 rings (SSSR count). The molecule has 9 heteroatoms. The number of nitrogens with zero attached hydrogens (tertiary/aromatic N) is 4. The molecule has 188 valence electrons. The van der Waals surface area contributed by atoms with E-state index in [-0.39, 0.29) is 17.6 Å². The molecule has 1 aliphatic rings. The largest absolute Gasteiger partial charge is 0.411 e. The van der Waals surface area contributed by atoms with Crippen molar-refractivity contribution in [2.24, 2.45) is 0 Å². The van der Waals surface area contributed by atoms with Crippen LogP contribution in [-0.4, -0.2) is 44.0 Å². The summed E-state index contributed by atoms with van der Waals surface area (Å²) in [6, 6.07) is 15.9. The van der Waals surface area contributed by atoms with Crippen LogP contribution in [0.4, 0.5) is 0 Å². The second-order valence-corrected chi connectivity index (χ2v) is 11.0. The molecule has 1 saturated heterocycles. The maximum Gasteiger partial charge on any atom is 0.277 e. The molecule has 0 saturated carbocycles. The van der Waals surface area contributed by atoms with Gasteiger partial charge in [0.2, 0.25) is 5.89 Å². The van der Waals surface area contributed by atoms with Crippen molar-refractivity contribution in [3.05, 3.63) is 70.9 Å². The summed E-state index contributed by atoms with van der Waals surface area (Å²) in [6.07, 6.45) is 2.39. The predicted molar refractivity (Wildman–Crippen MR) is 146 cm³/mol. The van der Waals surface area contributed by atoms with Gasteiger partial charge in [-0.15, -0.1) is 21.5 Å². The Morgan fingerprint density at radius 2 is 2.05 bits per heavy atom. The van der Waals surface area contributed by atoms with E-state index in [9.17, 15) is 4.79 Å². The Morgan fingerprint density at radius 3 is 2.86 bits per heavy atom. The van der Waals surface area contributed by atoms with Gasteiger partial charge in [0.05, 0.1) is 33.5 Å². The van der Waals surface area contributed by atoms with Crippen molar-refractivity contribution < 1.29 is 13.9 Å². The lowest BCUT2D eigenvalue weighted by Gasteiger charge is -2.14. The number of rotatable bonds is 8. The van der Waals surface area contributed by atoms with Gasteiger partial charge in [-0.1, -0.05) is 36.0 Å². The van der Waals surface area contributed by atoms with Crippen LogP contribution in [0, 0.1) is 13.8 Å². The third kappa shape index (κ3) is 4.86. The number of Topliss-reactive ketones (excluding diaryl/α,β-unsaturated/α-hetero) is 1. The third-order valence-corrected chi connectivity index (χ3v) is 8.45. The molecule has 0 radical (unpaired) electrons. The van der Waals surface area contributed by atoms with Crippen LogP contribution < -0.4 is 0 Å². The molecule has 1 fully saturated rings. The topological polar surface area (TPSA) is 83.0 Å². The first-order valence-corrected chi connectivity index (χ1v) is 14.1. The molecule has 0 aliphatic carbocycles. The molecule has 37 heavy (non-hydrogen) atoms. The lowest BCUT2D eigenvalue weighted by atomic mass is 10.1. The summed E-state index contributed by atoms with van der Waals surface area (Å²) in [5.41, 5.74) is 5.36. The van der Waals surface area contributed by atoms with Crippen molar-refractivity contribution in [2.45, 2.75) is 44.6 Å². The summed E-state index contributed by atoms with van der Waals surface area (Å²) >= 11 is 2.90. The van der Waals surface area contributed by atoms with Gasteiger partial charge in [0.25, 0.3) is 5.22 Å². The van der Waals surface area contributed by atoms with Crippen LogP contribution in [-0.2, 0) is 11.3 Å². The number of pyridine rings is 1. The highest BCUT2D eigenvalue weighted by Crippen LogP contribution is 2.34. The Balaban J connectivity index is 1.21. The highest BCUT2D eigenvalue weighted by atomic mass is 32.2. The molecule has 5 heterocycles. The molecule has 1 atom stereocenters. The Hall–Kier alpha value is -3.27. The van der Waals surface area contributed by atoms with Crippen LogP contribution in [0.5, 0.6) is 0 Å². The van der Waals surface area contributed by atoms with Crippen molar-refractivity contribution in [1.29, 1.82) is 0 Å². The van der Waals surface area contributed by atoms with E-state index in [1.54, 1.807) is 11.3 Å². The number of thiophene rings is 1. The number of carbonyl (C=O) groups excluding carboxylic acids is 1. The number of thioether (sulfide) groups is 1. The minimum Gasteiger partial charge on any atom is -0.411 e. The van der Waals surface area contributed by atoms with Gasteiger partial charge in [-0.2, -0.15) is 0 Å². The molecule has 5 aromatic rings. The lowest BCUT2D eigenvalue weighted by Crippen LogP contribution is -2.17. The van der Waals surface area contributed by atoms with Gasteiger partial charge in [-0.25, -0.2) is 4.98 Å². The van der Waals surface area contributed by atoms with Gasteiger partial charge < -0.3 is 13.7 Å². The first kappa shape index (κ1) is 24.1. The molecule has 0 unspecified atom stereocenters. The molecule has 0 bridgehead atoms. The zero-order valence-corrected chi connectivity index (χ0v) is 22.3. The molecular weight excluding hydrogens is 504 g/mol. The highest BCUT2D eigenvalue weighted by Gasteiger charge is 2.22. The number of carbonyl (C=O) groups is 1. The van der Waals surface area contributed by atoms with Crippen LogP contribution >= 0.6 is 23.1 Å². The van der Waals surface area contributed by atoms with E-state index in [1.807, 2.05) is 67.8 Å². The number of hydrogen-bond donors (Lipinski definition) is 0. The van der Waals surface area contributed by atoms with E-state index >= 15 is 0 Å². The summed E-state index contributed by atoms with van der Waals surface area (Å²) in [7, 11) is 0. The van der Waals surface area contributed by atoms with Crippen LogP contribution in [0.1, 0.15) is 34.6 Å². The van der Waals surface area contributed by atoms with E-state index in [0.29, 0.717) is 11.1 Å². The van der Waals surface area contributed by atoms with Gasteiger partial charge in [0.15, 0.2) is 5.78 Å². The smallest absolute Gasteiger partial charge is 0.277 e. The number of ether oxygens (including phenoxy) is 1. The van der Waals surface area contributed by atoms with Crippen LogP contribution in [0.25, 0.3) is 32.9 Å². The van der Waals surface area contributed by atoms with E-state index in [1.165, 1.54) is 11.8 Å². The van der Waals surface area contributed by atoms with Gasteiger partial charge in [-0.05, 0) is 56.3 Å². The Morgan fingerprint density at radius 1 is 1.16 bits per heavy atom. The SMILES string of the molecule is Cc1cc(C(=O)CSc2nnc(-c3cc(-c4cccs4)nc4ccccc34)o2)c(C)n1C[C@H]1CCCO1. The minimum absolute atomic E-state index is 0.0470. The minimum atomic E-state index is 0.0470. The Labute approximate surface area is 222 Å². The summed E-state index contributed by atoms with van der Waals surface area (Å²) in [5, 5.41) is 11.9. The van der Waals surface area contributed by atoms with Gasteiger partial charge in [0, 0.05) is 35.5 Å². The summed E-state index contributed by atoms with van der Waals surface area (Å²) in [6.45, 7) is 5.66. The number of para-hydroxylation sites is 1. The maximum atomic E-state index is 13.1. The first-order valence-electron chi connectivity index (χ1n) is 12.3. The summed E-state index contributed by atoms with van der Waals surface area (Å²) in [4.78, 5) is 19.0. The fourth-order valence-electron chi connectivity index (χ4n) is 4.84.